The van der Waals surface area contributed by atoms with Crippen LogP contribution in [0.1, 0.15) is 13.8 Å². The van der Waals surface area contributed by atoms with Crippen LogP contribution in [0, 0.1) is 0 Å². The van der Waals surface area contributed by atoms with E-state index in [4.69, 9.17) is 0 Å². The number of likely N-dealkylation sites (N-methyl/N-ethyl adjacent to an activating group) is 2. The summed E-state index contributed by atoms with van der Waals surface area (Å²) in [5.41, 5.74) is 1.05. The third-order valence-corrected chi connectivity index (χ3v) is 3.83. The third kappa shape index (κ3) is 3.54. The van der Waals surface area contributed by atoms with E-state index >= 15 is 0 Å². The summed E-state index contributed by atoms with van der Waals surface area (Å²) in [6.45, 7) is 5.59. The summed E-state index contributed by atoms with van der Waals surface area (Å²) in [5, 5.41) is 12.8. The lowest BCUT2D eigenvalue weighted by Crippen LogP contribution is -2.37. The predicted octanol–water partition coefficient (Wildman–Crippen LogP) is 2.17. The Morgan fingerprint density at radius 3 is 2.65 bits per heavy atom. The number of nitrogens with zero attached hydrogens (tertiary/aromatic N) is 3. The van der Waals surface area contributed by atoms with Crippen molar-refractivity contribution in [3.63, 3.8) is 0 Å². The molecule has 6 heteroatoms. The number of amides is 1. The Labute approximate surface area is 122 Å². The molecular weight excluding hydrogens is 272 g/mol. The third-order valence-electron chi connectivity index (χ3n) is 2.80. The molecule has 0 atom stereocenters. The fraction of sp³-hybridized carbons (Fsp3) is 0.357. The molecule has 2 rings (SSSR count). The van der Waals surface area contributed by atoms with E-state index in [0.29, 0.717) is 13.1 Å². The molecule has 1 heterocycles. The summed E-state index contributed by atoms with van der Waals surface area (Å²) < 4.78 is 0. The number of hydrogen-bond donors (Lipinski definition) is 1. The quantitative estimate of drug-likeness (QED) is 0.886. The Morgan fingerprint density at radius 2 is 2.00 bits per heavy atom. The van der Waals surface area contributed by atoms with Crippen molar-refractivity contribution in [3.05, 3.63) is 30.3 Å². The van der Waals surface area contributed by atoms with Gasteiger partial charge in [0.05, 0.1) is 6.54 Å². The molecule has 0 aliphatic heterocycles. The van der Waals surface area contributed by atoms with Gasteiger partial charge in [0.15, 0.2) is 0 Å². The van der Waals surface area contributed by atoms with E-state index in [1.807, 2.05) is 49.1 Å². The molecule has 0 fully saturated rings. The normalized spacial score (nSPS) is 10.3. The van der Waals surface area contributed by atoms with Crippen molar-refractivity contribution in [2.24, 2.45) is 0 Å². The van der Waals surface area contributed by atoms with E-state index < -0.39 is 0 Å². The van der Waals surface area contributed by atoms with Crippen LogP contribution in [0.3, 0.4) is 0 Å². The van der Waals surface area contributed by atoms with Crippen LogP contribution in [0.2, 0.25) is 0 Å². The maximum Gasteiger partial charge on any atom is 0.239 e. The summed E-state index contributed by atoms with van der Waals surface area (Å²) in [7, 11) is 0. The molecular formula is C14H18N4OS. The van der Waals surface area contributed by atoms with Crippen LogP contribution in [-0.2, 0) is 4.79 Å². The van der Waals surface area contributed by atoms with E-state index in [-0.39, 0.29) is 5.91 Å². The van der Waals surface area contributed by atoms with Gasteiger partial charge in [0.25, 0.3) is 0 Å². The molecule has 0 unspecified atom stereocenters. The monoisotopic (exact) mass is 290 g/mol. The molecule has 2 aromatic rings. The Balaban J connectivity index is 2.12. The molecule has 1 amide bonds. The van der Waals surface area contributed by atoms with Crippen LogP contribution >= 0.6 is 11.3 Å². The number of benzene rings is 1. The second-order valence-corrected chi connectivity index (χ2v) is 5.18. The molecule has 0 aliphatic rings. The number of hydrogen-bond acceptors (Lipinski definition) is 5. The smallest absolute Gasteiger partial charge is 0.239 e. The van der Waals surface area contributed by atoms with Gasteiger partial charge in [0.2, 0.25) is 11.0 Å². The standard InChI is InChI=1S/C14H18N4OS/c1-3-15-12(19)10-18(4-2)14-17-16-13(20-14)11-8-6-5-7-9-11/h5-9H,3-4,10H2,1-2H3,(H,15,19). The number of nitrogens with one attached hydrogen (secondary N) is 1. The van der Waals surface area contributed by atoms with Crippen LogP contribution in [0.5, 0.6) is 0 Å². The first-order valence-electron chi connectivity index (χ1n) is 6.65. The maximum absolute atomic E-state index is 11.7. The minimum Gasteiger partial charge on any atom is -0.355 e. The van der Waals surface area contributed by atoms with E-state index in [1.165, 1.54) is 11.3 Å². The molecule has 0 aliphatic carbocycles. The topological polar surface area (TPSA) is 58.1 Å². The van der Waals surface area contributed by atoms with Gasteiger partial charge < -0.3 is 10.2 Å². The zero-order chi connectivity index (χ0) is 14.4. The predicted molar refractivity (Wildman–Crippen MR) is 81.9 cm³/mol. The van der Waals surface area contributed by atoms with Crippen molar-refractivity contribution in [2.45, 2.75) is 13.8 Å². The number of carbonyl (C=O) groups excluding carboxylic acids is 1. The minimum atomic E-state index is 0.00538. The van der Waals surface area contributed by atoms with Crippen LogP contribution in [-0.4, -0.2) is 35.7 Å². The molecule has 0 bridgehead atoms. The molecule has 0 radical (unpaired) electrons. The first-order chi connectivity index (χ1) is 9.74. The van der Waals surface area contributed by atoms with Gasteiger partial charge in [-0.3, -0.25) is 4.79 Å². The van der Waals surface area contributed by atoms with Crippen molar-refractivity contribution in [2.75, 3.05) is 24.5 Å². The van der Waals surface area contributed by atoms with Crippen molar-refractivity contribution in [3.8, 4) is 10.6 Å². The molecule has 1 N–H and O–H groups in total. The average molecular weight is 290 g/mol. The highest BCUT2D eigenvalue weighted by molar-refractivity contribution is 7.18. The first kappa shape index (κ1) is 14.5. The molecule has 5 nitrogen and oxygen atoms in total. The van der Waals surface area contributed by atoms with Gasteiger partial charge in [0.1, 0.15) is 5.01 Å². The van der Waals surface area contributed by atoms with Crippen molar-refractivity contribution in [1.29, 1.82) is 0 Å². The van der Waals surface area contributed by atoms with Crippen LogP contribution in [0.25, 0.3) is 10.6 Å². The summed E-state index contributed by atoms with van der Waals surface area (Å²) in [5.74, 6) is 0.00538. The van der Waals surface area contributed by atoms with Crippen molar-refractivity contribution < 1.29 is 4.79 Å². The van der Waals surface area contributed by atoms with Gasteiger partial charge in [-0.25, -0.2) is 0 Å². The van der Waals surface area contributed by atoms with Gasteiger partial charge in [-0.2, -0.15) is 0 Å². The number of rotatable bonds is 6. The molecule has 106 valence electrons. The fourth-order valence-corrected chi connectivity index (χ4v) is 2.69. The van der Waals surface area contributed by atoms with Gasteiger partial charge in [0, 0.05) is 18.7 Å². The van der Waals surface area contributed by atoms with E-state index in [0.717, 1.165) is 22.2 Å². The second-order valence-electron chi connectivity index (χ2n) is 4.22. The van der Waals surface area contributed by atoms with Crippen molar-refractivity contribution >= 4 is 22.4 Å². The second kappa shape index (κ2) is 7.00. The highest BCUT2D eigenvalue weighted by Gasteiger charge is 2.14. The van der Waals surface area contributed by atoms with Crippen molar-refractivity contribution in [1.82, 2.24) is 15.5 Å². The fourth-order valence-electron chi connectivity index (χ4n) is 1.78. The lowest BCUT2D eigenvalue weighted by molar-refractivity contribution is -0.119. The average Bonchev–Trinajstić information content (AvgIpc) is 2.95. The number of anilines is 1. The SMILES string of the molecule is CCNC(=O)CN(CC)c1nnc(-c2ccccc2)s1. The van der Waals surface area contributed by atoms with E-state index in [9.17, 15) is 4.79 Å². The lowest BCUT2D eigenvalue weighted by Gasteiger charge is -2.17. The zero-order valence-corrected chi connectivity index (χ0v) is 12.5. The summed E-state index contributed by atoms with van der Waals surface area (Å²) in [4.78, 5) is 13.6. The number of carbonyl (C=O) groups is 1. The molecule has 0 saturated carbocycles. The Kier molecular flexibility index (Phi) is 5.06. The van der Waals surface area contributed by atoms with Gasteiger partial charge in [-0.15, -0.1) is 10.2 Å². The molecule has 0 spiro atoms. The summed E-state index contributed by atoms with van der Waals surface area (Å²) in [6.07, 6.45) is 0. The summed E-state index contributed by atoms with van der Waals surface area (Å²) >= 11 is 1.50. The zero-order valence-electron chi connectivity index (χ0n) is 11.7. The van der Waals surface area contributed by atoms with E-state index in [1.54, 1.807) is 0 Å². The Hall–Kier alpha value is -1.95. The Bertz CT molecular complexity index is 555. The highest BCUT2D eigenvalue weighted by Crippen LogP contribution is 2.28. The van der Waals surface area contributed by atoms with Gasteiger partial charge in [-0.05, 0) is 13.8 Å². The minimum absolute atomic E-state index is 0.00538. The van der Waals surface area contributed by atoms with E-state index in [2.05, 4.69) is 15.5 Å². The van der Waals surface area contributed by atoms with Crippen LogP contribution < -0.4 is 10.2 Å². The Morgan fingerprint density at radius 1 is 1.25 bits per heavy atom. The molecule has 1 aromatic carbocycles. The van der Waals surface area contributed by atoms with Gasteiger partial charge in [-0.1, -0.05) is 41.7 Å². The molecule has 1 aromatic heterocycles. The van der Waals surface area contributed by atoms with Crippen LogP contribution in [0.4, 0.5) is 5.13 Å². The van der Waals surface area contributed by atoms with Gasteiger partial charge >= 0.3 is 0 Å². The van der Waals surface area contributed by atoms with Crippen LogP contribution in [0.15, 0.2) is 30.3 Å². The first-order valence-corrected chi connectivity index (χ1v) is 7.46. The highest BCUT2D eigenvalue weighted by atomic mass is 32.1. The lowest BCUT2D eigenvalue weighted by atomic mass is 10.2. The molecule has 0 saturated heterocycles. The largest absolute Gasteiger partial charge is 0.355 e. The summed E-state index contributed by atoms with van der Waals surface area (Å²) in [6, 6.07) is 9.93. The maximum atomic E-state index is 11.7. The molecule has 20 heavy (non-hydrogen) atoms. The number of aromatic nitrogens is 2.